The van der Waals surface area contributed by atoms with Gasteiger partial charge in [0.1, 0.15) is 11.3 Å². The molecule has 7 heteroatoms. The molecule has 1 aliphatic heterocycles. The van der Waals surface area contributed by atoms with Crippen molar-refractivity contribution in [1.82, 2.24) is 10.3 Å². The summed E-state index contributed by atoms with van der Waals surface area (Å²) in [5.74, 6) is -1.95. The van der Waals surface area contributed by atoms with E-state index in [1.807, 2.05) is 24.3 Å². The van der Waals surface area contributed by atoms with Crippen molar-refractivity contribution in [3.05, 3.63) is 59.2 Å². The Labute approximate surface area is 140 Å². The standard InChI is InChI=1S/C17H13F2N3OS/c18-10-5-13(19)15-14(6-10)24-17(21-15)22-16(23)12-8-20-7-9-3-1-2-4-11(9)12/h1-6,12,20H,7-8H2,(H,21,22,23). The Hall–Kier alpha value is -2.38. The number of fused-ring (bicyclic) bond motifs is 2. The Morgan fingerprint density at radius 2 is 2.12 bits per heavy atom. The molecular weight excluding hydrogens is 332 g/mol. The number of hydrogen-bond donors (Lipinski definition) is 2. The minimum Gasteiger partial charge on any atom is -0.312 e. The topological polar surface area (TPSA) is 54.0 Å². The fourth-order valence-electron chi connectivity index (χ4n) is 2.93. The lowest BCUT2D eigenvalue weighted by Crippen LogP contribution is -2.35. The van der Waals surface area contributed by atoms with E-state index >= 15 is 0 Å². The van der Waals surface area contributed by atoms with Crippen molar-refractivity contribution < 1.29 is 13.6 Å². The second kappa shape index (κ2) is 5.92. The molecule has 1 amide bonds. The molecular formula is C17H13F2N3OS. The van der Waals surface area contributed by atoms with E-state index in [9.17, 15) is 13.6 Å². The molecule has 0 spiro atoms. The SMILES string of the molecule is O=C(Nc1nc2c(F)cc(F)cc2s1)C1CNCc2ccccc21. The predicted octanol–water partition coefficient (Wildman–Crippen LogP) is 3.40. The van der Waals surface area contributed by atoms with Gasteiger partial charge in [0, 0.05) is 19.2 Å². The molecule has 1 atom stereocenters. The Kier molecular flexibility index (Phi) is 3.74. The Bertz CT molecular complexity index is 941. The minimum atomic E-state index is -0.730. The van der Waals surface area contributed by atoms with Crippen LogP contribution < -0.4 is 10.6 Å². The predicted molar refractivity (Wildman–Crippen MR) is 89.1 cm³/mol. The van der Waals surface area contributed by atoms with Gasteiger partial charge < -0.3 is 10.6 Å². The summed E-state index contributed by atoms with van der Waals surface area (Å²) in [5.41, 5.74) is 2.13. The number of halogens is 2. The molecule has 2 aromatic carbocycles. The summed E-state index contributed by atoms with van der Waals surface area (Å²) >= 11 is 1.06. The molecule has 0 saturated heterocycles. The summed E-state index contributed by atoms with van der Waals surface area (Å²) in [7, 11) is 0. The lowest BCUT2D eigenvalue weighted by molar-refractivity contribution is -0.117. The average molecular weight is 345 g/mol. The molecule has 0 saturated carbocycles. The van der Waals surface area contributed by atoms with Gasteiger partial charge in [0.15, 0.2) is 10.9 Å². The van der Waals surface area contributed by atoms with Crippen LogP contribution in [-0.4, -0.2) is 17.4 Å². The van der Waals surface area contributed by atoms with Gasteiger partial charge in [0.25, 0.3) is 0 Å². The number of nitrogens with zero attached hydrogens (tertiary/aromatic N) is 1. The second-order valence-corrected chi connectivity index (χ2v) is 6.66. The third-order valence-corrected chi connectivity index (χ3v) is 4.97. The molecule has 0 radical (unpaired) electrons. The number of anilines is 1. The van der Waals surface area contributed by atoms with E-state index in [4.69, 9.17) is 0 Å². The number of carbonyl (C=O) groups excluding carboxylic acids is 1. The lowest BCUT2D eigenvalue weighted by atomic mass is 9.90. The van der Waals surface area contributed by atoms with E-state index < -0.39 is 11.6 Å². The monoisotopic (exact) mass is 345 g/mol. The van der Waals surface area contributed by atoms with E-state index in [0.717, 1.165) is 35.1 Å². The van der Waals surface area contributed by atoms with Crippen molar-refractivity contribution >= 4 is 32.6 Å². The maximum absolute atomic E-state index is 13.7. The average Bonchev–Trinajstić information content (AvgIpc) is 2.97. The van der Waals surface area contributed by atoms with Gasteiger partial charge in [-0.3, -0.25) is 4.79 Å². The number of thiazole rings is 1. The minimum absolute atomic E-state index is 0.0684. The zero-order valence-electron chi connectivity index (χ0n) is 12.5. The van der Waals surface area contributed by atoms with Gasteiger partial charge >= 0.3 is 0 Å². The Morgan fingerprint density at radius 1 is 1.29 bits per heavy atom. The first-order valence-corrected chi connectivity index (χ1v) is 8.28. The third-order valence-electron chi connectivity index (χ3n) is 4.05. The van der Waals surface area contributed by atoms with Crippen LogP contribution in [0.1, 0.15) is 17.0 Å². The summed E-state index contributed by atoms with van der Waals surface area (Å²) in [6.07, 6.45) is 0. The quantitative estimate of drug-likeness (QED) is 0.748. The molecule has 0 bridgehead atoms. The van der Waals surface area contributed by atoms with Crippen LogP contribution in [-0.2, 0) is 11.3 Å². The number of amides is 1. The molecule has 24 heavy (non-hydrogen) atoms. The molecule has 1 aromatic heterocycles. The highest BCUT2D eigenvalue weighted by Crippen LogP contribution is 2.30. The van der Waals surface area contributed by atoms with Gasteiger partial charge in [-0.2, -0.15) is 0 Å². The van der Waals surface area contributed by atoms with Crippen molar-refractivity contribution in [2.24, 2.45) is 0 Å². The van der Waals surface area contributed by atoms with Crippen molar-refractivity contribution in [2.45, 2.75) is 12.5 Å². The van der Waals surface area contributed by atoms with Gasteiger partial charge in [-0.1, -0.05) is 35.6 Å². The zero-order valence-corrected chi connectivity index (χ0v) is 13.3. The zero-order chi connectivity index (χ0) is 16.7. The van der Waals surface area contributed by atoms with Gasteiger partial charge in [0.05, 0.1) is 10.6 Å². The van der Waals surface area contributed by atoms with E-state index in [2.05, 4.69) is 15.6 Å². The van der Waals surface area contributed by atoms with E-state index in [1.54, 1.807) is 0 Å². The molecule has 4 nitrogen and oxygen atoms in total. The molecule has 4 rings (SSSR count). The molecule has 2 heterocycles. The highest BCUT2D eigenvalue weighted by molar-refractivity contribution is 7.22. The largest absolute Gasteiger partial charge is 0.312 e. The van der Waals surface area contributed by atoms with Crippen LogP contribution in [0, 0.1) is 11.6 Å². The van der Waals surface area contributed by atoms with Gasteiger partial charge in [-0.05, 0) is 17.2 Å². The first-order valence-electron chi connectivity index (χ1n) is 7.47. The third kappa shape index (κ3) is 2.65. The van der Waals surface area contributed by atoms with E-state index in [-0.39, 0.29) is 22.5 Å². The van der Waals surface area contributed by atoms with Crippen LogP contribution in [0.5, 0.6) is 0 Å². The van der Waals surface area contributed by atoms with Crippen molar-refractivity contribution in [3.63, 3.8) is 0 Å². The van der Waals surface area contributed by atoms with Crippen LogP contribution in [0.25, 0.3) is 10.2 Å². The summed E-state index contributed by atoms with van der Waals surface area (Å²) in [6.45, 7) is 1.25. The molecule has 0 fully saturated rings. The number of nitrogens with one attached hydrogen (secondary N) is 2. The Morgan fingerprint density at radius 3 is 3.00 bits per heavy atom. The first-order chi connectivity index (χ1) is 11.6. The number of rotatable bonds is 2. The molecule has 3 aromatic rings. The van der Waals surface area contributed by atoms with Crippen molar-refractivity contribution in [3.8, 4) is 0 Å². The normalized spacial score (nSPS) is 16.8. The number of carbonyl (C=O) groups is 1. The van der Waals surface area contributed by atoms with Crippen molar-refractivity contribution in [2.75, 3.05) is 11.9 Å². The van der Waals surface area contributed by atoms with Crippen LogP contribution in [0.2, 0.25) is 0 Å². The molecule has 122 valence electrons. The van der Waals surface area contributed by atoms with Crippen LogP contribution in [0.15, 0.2) is 36.4 Å². The smallest absolute Gasteiger partial charge is 0.235 e. The second-order valence-electron chi connectivity index (χ2n) is 5.62. The number of hydrogen-bond acceptors (Lipinski definition) is 4. The number of benzene rings is 2. The highest BCUT2D eigenvalue weighted by atomic mass is 32.1. The summed E-state index contributed by atoms with van der Waals surface area (Å²) < 4.78 is 27.4. The van der Waals surface area contributed by atoms with E-state index in [1.165, 1.54) is 6.07 Å². The van der Waals surface area contributed by atoms with Crippen LogP contribution in [0.3, 0.4) is 0 Å². The molecule has 1 aliphatic rings. The van der Waals surface area contributed by atoms with Crippen LogP contribution >= 0.6 is 11.3 Å². The van der Waals surface area contributed by atoms with Crippen LogP contribution in [0.4, 0.5) is 13.9 Å². The maximum Gasteiger partial charge on any atom is 0.235 e. The number of aromatic nitrogens is 1. The summed E-state index contributed by atoms with van der Waals surface area (Å²) in [5, 5.41) is 6.21. The van der Waals surface area contributed by atoms with E-state index in [0.29, 0.717) is 11.2 Å². The fourth-order valence-corrected chi connectivity index (χ4v) is 3.84. The van der Waals surface area contributed by atoms with Gasteiger partial charge in [-0.15, -0.1) is 0 Å². The first kappa shape index (κ1) is 15.2. The summed E-state index contributed by atoms with van der Waals surface area (Å²) in [4.78, 5) is 16.7. The van der Waals surface area contributed by atoms with Gasteiger partial charge in [0.2, 0.25) is 5.91 Å². The highest BCUT2D eigenvalue weighted by Gasteiger charge is 2.26. The fraction of sp³-hybridized carbons (Fsp3) is 0.176. The lowest BCUT2D eigenvalue weighted by Gasteiger charge is -2.25. The maximum atomic E-state index is 13.7. The Balaban J connectivity index is 1.62. The summed E-state index contributed by atoms with van der Waals surface area (Å²) in [6, 6.07) is 9.76. The molecule has 0 aliphatic carbocycles. The van der Waals surface area contributed by atoms with Crippen molar-refractivity contribution in [1.29, 1.82) is 0 Å². The van der Waals surface area contributed by atoms with Gasteiger partial charge in [-0.25, -0.2) is 13.8 Å². The molecule has 1 unspecified atom stereocenters. The molecule has 2 N–H and O–H groups in total.